The van der Waals surface area contributed by atoms with Crippen molar-refractivity contribution in [3.8, 4) is 0 Å². The summed E-state index contributed by atoms with van der Waals surface area (Å²) in [5.41, 5.74) is 0. The van der Waals surface area contributed by atoms with Gasteiger partial charge in [0.1, 0.15) is 0 Å². The third kappa shape index (κ3) is 2.51. The average Bonchev–Trinajstić information content (AvgIpc) is 1.37. The maximum atomic E-state index is 3.96. The van der Waals surface area contributed by atoms with Crippen molar-refractivity contribution in [2.75, 3.05) is 0 Å². The first-order chi connectivity index (χ1) is 1.91. The Kier molecular flexibility index (Phi) is 3.95. The molecule has 0 amide bonds. The van der Waals surface area contributed by atoms with E-state index in [4.69, 9.17) is 0 Å². The molecule has 0 unspecified atom stereocenters. The molecule has 0 saturated heterocycles. The summed E-state index contributed by atoms with van der Waals surface area (Å²) < 4.78 is 0. The van der Waals surface area contributed by atoms with E-state index in [2.05, 4.69) is 22.7 Å². The van der Waals surface area contributed by atoms with E-state index in [-0.39, 0.29) is 0 Å². The van der Waals surface area contributed by atoms with Crippen molar-refractivity contribution in [2.45, 2.75) is 18.7 Å². The van der Waals surface area contributed by atoms with Gasteiger partial charge in [-0.15, -0.1) is 0 Å². The van der Waals surface area contributed by atoms with E-state index in [1.165, 1.54) is 6.42 Å². The molecule has 0 aliphatic carbocycles. The van der Waals surface area contributed by atoms with Crippen LogP contribution in [0.25, 0.3) is 0 Å². The number of hydrogen-bond donors (Lipinski definition) is 0. The first-order valence-electron chi connectivity index (χ1n) is 1.44. The van der Waals surface area contributed by atoms with E-state index in [1.54, 1.807) is 0 Å². The van der Waals surface area contributed by atoms with Gasteiger partial charge >= 0.3 is 34.4 Å². The van der Waals surface area contributed by atoms with Gasteiger partial charge in [-0.25, -0.2) is 0 Å². The molecule has 0 aromatic heterocycles. The fourth-order valence-electron chi connectivity index (χ4n) is 0. The summed E-state index contributed by atoms with van der Waals surface area (Å²) >= 11 is 3.96. The monoisotopic (exact) mass is 102 g/mol. The predicted octanol–water partition coefficient (Wildman–Crippen LogP) is 1.36. The van der Waals surface area contributed by atoms with Crippen LogP contribution >= 0.6 is 0 Å². The standard InChI is InChI=1S/C3H7.Co/c1-3-2;/h1,3H2,2H3;. The second-order valence-electron chi connectivity index (χ2n) is 0.667. The molecule has 0 spiro atoms. The Bertz CT molecular complexity index is 5.25. The van der Waals surface area contributed by atoms with Crippen LogP contribution < -0.4 is 0 Å². The van der Waals surface area contributed by atoms with Crippen LogP contribution in [0.4, 0.5) is 0 Å². The SMILES string of the molecule is CC[CH2][Co]. The molecule has 0 nitrogen and oxygen atoms in total. The van der Waals surface area contributed by atoms with Gasteiger partial charge in [0.05, 0.1) is 0 Å². The van der Waals surface area contributed by atoms with Crippen molar-refractivity contribution in [3.05, 3.63) is 0 Å². The van der Waals surface area contributed by atoms with Crippen LogP contribution in [-0.4, -0.2) is 0 Å². The first-order valence-corrected chi connectivity index (χ1v) is 2.18. The molecule has 4 heavy (non-hydrogen) atoms. The molecule has 0 saturated carbocycles. The Morgan fingerprint density at radius 3 is 2.00 bits per heavy atom. The Labute approximate surface area is 35.2 Å². The number of hydrogen-bond acceptors (Lipinski definition) is 0. The van der Waals surface area contributed by atoms with E-state index in [1.807, 2.05) is 0 Å². The van der Waals surface area contributed by atoms with Crippen molar-refractivity contribution in [1.82, 2.24) is 0 Å². The van der Waals surface area contributed by atoms with Crippen molar-refractivity contribution in [1.29, 1.82) is 0 Å². The zero-order valence-corrected chi connectivity index (χ0v) is 3.79. The van der Waals surface area contributed by atoms with E-state index in [9.17, 15) is 0 Å². The molecule has 0 atom stereocenters. The van der Waals surface area contributed by atoms with Crippen molar-refractivity contribution in [3.63, 3.8) is 0 Å². The molecule has 0 N–H and O–H groups in total. The summed E-state index contributed by atoms with van der Waals surface area (Å²) in [7, 11) is 0. The van der Waals surface area contributed by atoms with E-state index >= 15 is 0 Å². The molecule has 0 bridgehead atoms. The summed E-state index contributed by atoms with van der Waals surface area (Å²) in [5.74, 6) is 0. The molecule has 0 aromatic rings. The molecule has 0 radical (unpaired) electrons. The topological polar surface area (TPSA) is 0 Å². The fraction of sp³-hybridized carbons (Fsp3) is 1.00. The number of rotatable bonds is 1. The first kappa shape index (κ1) is 4.51. The van der Waals surface area contributed by atoms with Gasteiger partial charge in [0.25, 0.3) is 0 Å². The molecule has 0 heterocycles. The third-order valence-electron chi connectivity index (χ3n) is 0.167. The minimum atomic E-state index is 1.01. The summed E-state index contributed by atoms with van der Waals surface area (Å²) in [6.07, 6.45) is 1.18. The van der Waals surface area contributed by atoms with Crippen LogP contribution in [0.5, 0.6) is 0 Å². The van der Waals surface area contributed by atoms with E-state index < -0.39 is 0 Å². The Hall–Kier alpha value is 0.506. The van der Waals surface area contributed by atoms with Gasteiger partial charge in [-0.05, 0) is 0 Å². The van der Waals surface area contributed by atoms with Crippen LogP contribution in [0.15, 0.2) is 0 Å². The third-order valence-corrected chi connectivity index (χ3v) is 0.687. The molecule has 0 aliphatic rings. The second-order valence-corrected chi connectivity index (χ2v) is 1.19. The van der Waals surface area contributed by atoms with Crippen molar-refractivity contribution in [2.24, 2.45) is 0 Å². The Morgan fingerprint density at radius 1 is 1.75 bits per heavy atom. The van der Waals surface area contributed by atoms with Gasteiger partial charge in [-0.3, -0.25) is 0 Å². The van der Waals surface area contributed by atoms with Crippen LogP contribution in [-0.2, 0) is 15.7 Å². The van der Waals surface area contributed by atoms with Gasteiger partial charge in [0.2, 0.25) is 0 Å². The quantitative estimate of drug-likeness (QED) is 0.469. The fourth-order valence-corrected chi connectivity index (χ4v) is 0. The van der Waals surface area contributed by atoms with Crippen molar-refractivity contribution < 1.29 is 15.7 Å². The summed E-state index contributed by atoms with van der Waals surface area (Å²) in [4.78, 5) is 0. The molecule has 0 aromatic carbocycles. The molecule has 0 fully saturated rings. The molecular formula is C3H7Co. The maximum absolute atomic E-state index is 3.96. The second kappa shape index (κ2) is 3.51. The molecule has 0 rings (SSSR count). The van der Waals surface area contributed by atoms with E-state index in [0.29, 0.717) is 0 Å². The van der Waals surface area contributed by atoms with Gasteiger partial charge in [-0.2, -0.15) is 0 Å². The van der Waals surface area contributed by atoms with Crippen LogP contribution in [0.2, 0.25) is 5.36 Å². The molecule has 28 valence electrons. The van der Waals surface area contributed by atoms with Gasteiger partial charge in [-0.1, -0.05) is 0 Å². The minimum absolute atomic E-state index is 1.01. The van der Waals surface area contributed by atoms with Crippen LogP contribution in [0, 0.1) is 0 Å². The average molecular weight is 102 g/mol. The molecule has 1 heteroatoms. The summed E-state index contributed by atoms with van der Waals surface area (Å²) in [5, 5.41) is 1.01. The normalized spacial score (nSPS) is 7.75. The molecule has 0 aliphatic heterocycles. The summed E-state index contributed by atoms with van der Waals surface area (Å²) in [6.45, 7) is 2.10. The summed E-state index contributed by atoms with van der Waals surface area (Å²) in [6, 6.07) is 0. The Morgan fingerprint density at radius 2 is 2.00 bits per heavy atom. The zero-order valence-electron chi connectivity index (χ0n) is 2.75. The van der Waals surface area contributed by atoms with Crippen LogP contribution in [0.1, 0.15) is 13.3 Å². The van der Waals surface area contributed by atoms with E-state index in [0.717, 1.165) is 5.36 Å². The van der Waals surface area contributed by atoms with Gasteiger partial charge < -0.3 is 0 Å². The molecular weight excluding hydrogens is 95.0 g/mol. The van der Waals surface area contributed by atoms with Gasteiger partial charge in [0, 0.05) is 0 Å². The Balaban J connectivity index is 1.97. The zero-order chi connectivity index (χ0) is 3.41. The predicted molar refractivity (Wildman–Crippen MR) is 15.1 cm³/mol. The van der Waals surface area contributed by atoms with Crippen molar-refractivity contribution >= 4 is 0 Å². The van der Waals surface area contributed by atoms with Gasteiger partial charge in [0.15, 0.2) is 0 Å². The van der Waals surface area contributed by atoms with Crippen LogP contribution in [0.3, 0.4) is 0 Å².